The van der Waals surface area contributed by atoms with Crippen LogP contribution in [0.5, 0.6) is 0 Å². The van der Waals surface area contributed by atoms with Gasteiger partial charge in [-0.05, 0) is 48.9 Å². The zero-order valence-electron chi connectivity index (χ0n) is 17.7. The maximum absolute atomic E-state index is 12.5. The average Bonchev–Trinajstić information content (AvgIpc) is 3.13. The standard InChI is InChI=1S/C22H19N3O7S/c1-3-32-20(27)13-24-17-10-7-15(21(28)31-2)12-18(17)33-22(24)23-19(26)11-6-14-4-8-16(9-5-14)25(29)30/h4-12H,3,13H2,1-2H3. The number of hydrogen-bond donors (Lipinski definition) is 0. The summed E-state index contributed by atoms with van der Waals surface area (Å²) in [4.78, 5) is 51.0. The summed E-state index contributed by atoms with van der Waals surface area (Å²) in [6, 6.07) is 10.5. The number of nitro benzene ring substituents is 1. The molecule has 33 heavy (non-hydrogen) atoms. The summed E-state index contributed by atoms with van der Waals surface area (Å²) in [7, 11) is 1.28. The largest absolute Gasteiger partial charge is 0.465 e. The third-order valence-corrected chi connectivity index (χ3v) is 5.47. The minimum atomic E-state index is -0.592. The summed E-state index contributed by atoms with van der Waals surface area (Å²) in [5.74, 6) is -1.60. The molecule has 1 amide bonds. The van der Waals surface area contributed by atoms with Gasteiger partial charge in [0.15, 0.2) is 4.80 Å². The molecule has 0 saturated heterocycles. The maximum atomic E-state index is 12.5. The highest BCUT2D eigenvalue weighted by Crippen LogP contribution is 2.20. The predicted octanol–water partition coefficient (Wildman–Crippen LogP) is 3.10. The quantitative estimate of drug-likeness (QED) is 0.225. The fourth-order valence-corrected chi connectivity index (χ4v) is 3.97. The minimum Gasteiger partial charge on any atom is -0.465 e. The first-order valence-electron chi connectivity index (χ1n) is 9.71. The van der Waals surface area contributed by atoms with Crippen molar-refractivity contribution in [2.24, 2.45) is 4.99 Å². The van der Waals surface area contributed by atoms with Gasteiger partial charge in [0.2, 0.25) is 0 Å². The van der Waals surface area contributed by atoms with Crippen molar-refractivity contribution in [3.63, 3.8) is 0 Å². The van der Waals surface area contributed by atoms with E-state index >= 15 is 0 Å². The molecule has 2 aromatic carbocycles. The van der Waals surface area contributed by atoms with Gasteiger partial charge in [0, 0.05) is 18.2 Å². The van der Waals surface area contributed by atoms with Gasteiger partial charge in [-0.25, -0.2) is 4.79 Å². The SMILES string of the molecule is CCOC(=O)Cn1c(=NC(=O)C=Cc2ccc([N+](=O)[O-])cc2)sc2cc(C(=O)OC)ccc21. The van der Waals surface area contributed by atoms with Crippen molar-refractivity contribution in [2.45, 2.75) is 13.5 Å². The molecule has 0 unspecified atom stereocenters. The van der Waals surface area contributed by atoms with E-state index in [4.69, 9.17) is 9.47 Å². The van der Waals surface area contributed by atoms with Crippen molar-refractivity contribution in [1.82, 2.24) is 4.57 Å². The smallest absolute Gasteiger partial charge is 0.337 e. The lowest BCUT2D eigenvalue weighted by atomic mass is 10.2. The van der Waals surface area contributed by atoms with Crippen LogP contribution in [0.3, 0.4) is 0 Å². The number of nitro groups is 1. The van der Waals surface area contributed by atoms with Crippen molar-refractivity contribution in [3.05, 3.63) is 74.6 Å². The second-order valence-corrected chi connectivity index (χ2v) is 7.59. The molecular weight excluding hydrogens is 450 g/mol. The molecule has 0 spiro atoms. The van der Waals surface area contributed by atoms with Crippen LogP contribution in [-0.2, 0) is 25.6 Å². The lowest BCUT2D eigenvalue weighted by molar-refractivity contribution is -0.384. The number of rotatable bonds is 7. The van der Waals surface area contributed by atoms with Gasteiger partial charge in [0.1, 0.15) is 6.54 Å². The van der Waals surface area contributed by atoms with Crippen molar-refractivity contribution in [2.75, 3.05) is 13.7 Å². The highest BCUT2D eigenvalue weighted by Gasteiger charge is 2.14. The van der Waals surface area contributed by atoms with Crippen LogP contribution in [0, 0.1) is 10.1 Å². The van der Waals surface area contributed by atoms with Crippen LogP contribution in [0.4, 0.5) is 5.69 Å². The first kappa shape index (κ1) is 23.5. The van der Waals surface area contributed by atoms with Crippen LogP contribution >= 0.6 is 11.3 Å². The number of carbonyl (C=O) groups is 3. The van der Waals surface area contributed by atoms with Crippen molar-refractivity contribution < 1.29 is 28.8 Å². The molecule has 0 aliphatic carbocycles. The fraction of sp³-hybridized carbons (Fsp3) is 0.182. The van der Waals surface area contributed by atoms with E-state index in [0.29, 0.717) is 21.3 Å². The number of amides is 1. The molecule has 11 heteroatoms. The van der Waals surface area contributed by atoms with Gasteiger partial charge in [0.25, 0.3) is 11.6 Å². The Hall–Kier alpha value is -4.12. The molecule has 1 aromatic heterocycles. The number of aromatic nitrogens is 1. The van der Waals surface area contributed by atoms with Crippen LogP contribution in [0.15, 0.2) is 53.5 Å². The van der Waals surface area contributed by atoms with Crippen molar-refractivity contribution in [3.8, 4) is 0 Å². The average molecular weight is 469 g/mol. The molecule has 1 heterocycles. The van der Waals surface area contributed by atoms with Crippen LogP contribution in [0.25, 0.3) is 16.3 Å². The lowest BCUT2D eigenvalue weighted by Gasteiger charge is -2.05. The van der Waals surface area contributed by atoms with Gasteiger partial charge < -0.3 is 14.0 Å². The molecule has 3 rings (SSSR count). The van der Waals surface area contributed by atoms with Gasteiger partial charge in [-0.2, -0.15) is 4.99 Å². The number of hydrogen-bond acceptors (Lipinski definition) is 8. The Morgan fingerprint density at radius 3 is 2.55 bits per heavy atom. The number of thiazole rings is 1. The molecule has 3 aromatic rings. The van der Waals surface area contributed by atoms with E-state index in [-0.39, 0.29) is 23.6 Å². The Balaban J connectivity index is 1.97. The van der Waals surface area contributed by atoms with E-state index in [9.17, 15) is 24.5 Å². The van der Waals surface area contributed by atoms with Gasteiger partial charge in [-0.15, -0.1) is 0 Å². The maximum Gasteiger partial charge on any atom is 0.337 e. The van der Waals surface area contributed by atoms with Gasteiger partial charge >= 0.3 is 11.9 Å². The summed E-state index contributed by atoms with van der Waals surface area (Å²) < 4.78 is 11.9. The molecule has 170 valence electrons. The summed E-state index contributed by atoms with van der Waals surface area (Å²) in [5.41, 5.74) is 1.46. The first-order valence-corrected chi connectivity index (χ1v) is 10.5. The highest BCUT2D eigenvalue weighted by atomic mass is 32.1. The number of ether oxygens (including phenoxy) is 2. The number of benzene rings is 2. The Morgan fingerprint density at radius 2 is 1.91 bits per heavy atom. The number of esters is 2. The summed E-state index contributed by atoms with van der Waals surface area (Å²) >= 11 is 1.13. The fourth-order valence-electron chi connectivity index (χ4n) is 2.90. The van der Waals surface area contributed by atoms with E-state index in [1.165, 1.54) is 48.1 Å². The Bertz CT molecular complexity index is 1320. The van der Waals surface area contributed by atoms with Gasteiger partial charge in [0.05, 0.1) is 34.4 Å². The van der Waals surface area contributed by atoms with Crippen molar-refractivity contribution in [1.29, 1.82) is 0 Å². The zero-order chi connectivity index (χ0) is 24.0. The van der Waals surface area contributed by atoms with Crippen LogP contribution in [-0.4, -0.2) is 41.1 Å². The van der Waals surface area contributed by atoms with E-state index < -0.39 is 22.8 Å². The van der Waals surface area contributed by atoms with E-state index in [0.717, 1.165) is 11.3 Å². The predicted molar refractivity (Wildman–Crippen MR) is 120 cm³/mol. The summed E-state index contributed by atoms with van der Waals surface area (Å²) in [6.07, 6.45) is 2.70. The second kappa shape index (κ2) is 10.5. The molecule has 0 aliphatic heterocycles. The number of non-ortho nitro benzene ring substituents is 1. The molecule has 10 nitrogen and oxygen atoms in total. The highest BCUT2D eigenvalue weighted by molar-refractivity contribution is 7.16. The number of fused-ring (bicyclic) bond motifs is 1. The molecule has 0 saturated carbocycles. The van der Waals surface area contributed by atoms with Crippen LogP contribution < -0.4 is 4.80 Å². The van der Waals surface area contributed by atoms with Gasteiger partial charge in [-0.1, -0.05) is 11.3 Å². The first-order chi connectivity index (χ1) is 15.8. The Kier molecular flexibility index (Phi) is 7.46. The molecule has 0 fully saturated rings. The van der Waals surface area contributed by atoms with E-state index in [1.54, 1.807) is 25.1 Å². The zero-order valence-corrected chi connectivity index (χ0v) is 18.5. The van der Waals surface area contributed by atoms with Gasteiger partial charge in [-0.3, -0.25) is 19.7 Å². The minimum absolute atomic E-state index is 0.0558. The number of carbonyl (C=O) groups excluding carboxylic acids is 3. The molecule has 0 N–H and O–H groups in total. The van der Waals surface area contributed by atoms with E-state index in [2.05, 4.69) is 4.99 Å². The summed E-state index contributed by atoms with van der Waals surface area (Å²) in [6.45, 7) is 1.73. The third-order valence-electron chi connectivity index (χ3n) is 4.42. The Morgan fingerprint density at radius 1 is 1.18 bits per heavy atom. The van der Waals surface area contributed by atoms with Crippen molar-refractivity contribution >= 4 is 51.2 Å². The Labute approximate surface area is 191 Å². The molecular formula is C22H19N3O7S. The third kappa shape index (κ3) is 5.77. The number of nitrogens with zero attached hydrogens (tertiary/aromatic N) is 3. The topological polar surface area (TPSA) is 130 Å². The molecule has 0 atom stereocenters. The second-order valence-electron chi connectivity index (χ2n) is 6.58. The van der Waals surface area contributed by atoms with Crippen LogP contribution in [0.1, 0.15) is 22.8 Å². The summed E-state index contributed by atoms with van der Waals surface area (Å²) in [5, 5.41) is 10.7. The molecule has 0 aliphatic rings. The molecule has 0 bridgehead atoms. The monoisotopic (exact) mass is 469 g/mol. The lowest BCUT2D eigenvalue weighted by Crippen LogP contribution is -2.22. The number of methoxy groups -OCH3 is 1. The molecule has 0 radical (unpaired) electrons. The van der Waals surface area contributed by atoms with E-state index in [1.807, 2.05) is 0 Å². The van der Waals surface area contributed by atoms with Crippen LogP contribution in [0.2, 0.25) is 0 Å². The normalized spacial score (nSPS) is 11.6.